The summed E-state index contributed by atoms with van der Waals surface area (Å²) in [5.41, 5.74) is 11.3. The first-order valence-corrected chi connectivity index (χ1v) is 6.80. The Kier molecular flexibility index (Phi) is 4.25. The summed E-state index contributed by atoms with van der Waals surface area (Å²) in [4.78, 5) is 4.19. The first kappa shape index (κ1) is 15.4. The molecule has 5 N–H and O–H groups in total. The molecule has 1 heterocycles. The summed E-state index contributed by atoms with van der Waals surface area (Å²) in [6, 6.07) is 8.15. The second kappa shape index (κ2) is 5.79. The van der Waals surface area contributed by atoms with E-state index in [1.54, 1.807) is 18.3 Å². The highest BCUT2D eigenvalue weighted by Crippen LogP contribution is 2.38. The molecule has 2 rings (SSSR count). The Balaban J connectivity index is 2.48. The molecule has 1 atom stereocenters. The van der Waals surface area contributed by atoms with Gasteiger partial charge in [-0.25, -0.2) is 9.37 Å². The van der Waals surface area contributed by atoms with E-state index in [0.717, 1.165) is 16.7 Å². The molecule has 4 nitrogen and oxygen atoms in total. The largest absolute Gasteiger partial charge is 0.383 e. The van der Waals surface area contributed by atoms with Gasteiger partial charge < -0.3 is 5.73 Å². The monoisotopic (exact) mass is 288 g/mol. The lowest BCUT2D eigenvalue weighted by Gasteiger charge is -2.35. The number of hydrogen-bond donors (Lipinski definition) is 3. The topological polar surface area (TPSA) is 77.0 Å². The number of nitrogens with two attached hydrogens (primary N) is 2. The average Bonchev–Trinajstić information content (AvgIpc) is 2.43. The van der Waals surface area contributed by atoms with Crippen LogP contribution in [0.15, 0.2) is 36.5 Å². The van der Waals surface area contributed by atoms with Crippen molar-refractivity contribution in [1.82, 2.24) is 10.4 Å². The Morgan fingerprint density at radius 1 is 1.24 bits per heavy atom. The van der Waals surface area contributed by atoms with Crippen molar-refractivity contribution < 1.29 is 4.39 Å². The van der Waals surface area contributed by atoms with Crippen LogP contribution in [0.2, 0.25) is 0 Å². The third-order valence-electron chi connectivity index (χ3n) is 3.87. The third kappa shape index (κ3) is 3.04. The van der Waals surface area contributed by atoms with Gasteiger partial charge in [0.25, 0.3) is 0 Å². The number of aryl methyl sites for hydroxylation is 1. The molecule has 5 heteroatoms. The van der Waals surface area contributed by atoms with Gasteiger partial charge >= 0.3 is 0 Å². The predicted octanol–water partition coefficient (Wildman–Crippen LogP) is 2.59. The SMILES string of the molecule is Cc1cnc(N)c(C(NN)C(C)(C)c2ccc(F)cc2)c1. The van der Waals surface area contributed by atoms with Crippen LogP contribution >= 0.6 is 0 Å². The van der Waals surface area contributed by atoms with E-state index in [9.17, 15) is 4.39 Å². The van der Waals surface area contributed by atoms with Gasteiger partial charge in [-0.3, -0.25) is 11.3 Å². The van der Waals surface area contributed by atoms with E-state index in [2.05, 4.69) is 10.4 Å². The maximum atomic E-state index is 13.1. The van der Waals surface area contributed by atoms with Crippen molar-refractivity contribution in [1.29, 1.82) is 0 Å². The van der Waals surface area contributed by atoms with Crippen molar-refractivity contribution in [3.05, 3.63) is 59.0 Å². The summed E-state index contributed by atoms with van der Waals surface area (Å²) in [5.74, 6) is 5.95. The normalized spacial score (nSPS) is 13.2. The second-order valence-corrected chi connectivity index (χ2v) is 5.82. The van der Waals surface area contributed by atoms with Gasteiger partial charge in [0, 0.05) is 17.2 Å². The van der Waals surface area contributed by atoms with E-state index in [-0.39, 0.29) is 17.3 Å². The number of hydrogen-bond acceptors (Lipinski definition) is 4. The predicted molar refractivity (Wildman–Crippen MR) is 82.9 cm³/mol. The average molecular weight is 288 g/mol. The number of pyridine rings is 1. The van der Waals surface area contributed by atoms with Gasteiger partial charge in [-0.15, -0.1) is 0 Å². The molecule has 0 aliphatic heterocycles. The second-order valence-electron chi connectivity index (χ2n) is 5.82. The highest BCUT2D eigenvalue weighted by molar-refractivity contribution is 5.46. The van der Waals surface area contributed by atoms with Gasteiger partial charge in [0.1, 0.15) is 11.6 Å². The minimum Gasteiger partial charge on any atom is -0.383 e. The number of benzene rings is 1. The lowest BCUT2D eigenvalue weighted by atomic mass is 9.75. The zero-order valence-corrected chi connectivity index (χ0v) is 12.5. The summed E-state index contributed by atoms with van der Waals surface area (Å²) < 4.78 is 13.1. The van der Waals surface area contributed by atoms with E-state index in [1.807, 2.05) is 26.8 Å². The minimum absolute atomic E-state index is 0.240. The molecule has 0 radical (unpaired) electrons. The van der Waals surface area contributed by atoms with Crippen molar-refractivity contribution in [3.63, 3.8) is 0 Å². The van der Waals surface area contributed by atoms with Crippen LogP contribution in [0, 0.1) is 12.7 Å². The van der Waals surface area contributed by atoms with Gasteiger partial charge in [-0.1, -0.05) is 26.0 Å². The van der Waals surface area contributed by atoms with E-state index in [4.69, 9.17) is 11.6 Å². The number of nitrogens with one attached hydrogen (secondary N) is 1. The van der Waals surface area contributed by atoms with Crippen molar-refractivity contribution in [2.45, 2.75) is 32.2 Å². The van der Waals surface area contributed by atoms with Crippen molar-refractivity contribution >= 4 is 5.82 Å². The molecule has 0 aliphatic carbocycles. The molecule has 0 aliphatic rings. The molecule has 2 aromatic rings. The fraction of sp³-hybridized carbons (Fsp3) is 0.312. The summed E-state index contributed by atoms with van der Waals surface area (Å²) in [6.07, 6.45) is 1.72. The molecule has 0 saturated carbocycles. The molecular formula is C16H21FN4. The third-order valence-corrected chi connectivity index (χ3v) is 3.87. The molecule has 0 spiro atoms. The summed E-state index contributed by atoms with van der Waals surface area (Å²) >= 11 is 0. The number of nitrogen functional groups attached to an aromatic ring is 1. The number of rotatable bonds is 4. The lowest BCUT2D eigenvalue weighted by molar-refractivity contribution is 0.352. The van der Waals surface area contributed by atoms with Gasteiger partial charge in [0.05, 0.1) is 6.04 Å². The molecule has 1 aromatic heterocycles. The highest BCUT2D eigenvalue weighted by Gasteiger charge is 2.33. The highest BCUT2D eigenvalue weighted by atomic mass is 19.1. The molecule has 0 bridgehead atoms. The van der Waals surface area contributed by atoms with E-state index in [0.29, 0.717) is 5.82 Å². The number of halogens is 1. The quantitative estimate of drug-likeness (QED) is 0.597. The molecule has 1 unspecified atom stereocenters. The minimum atomic E-state index is -0.383. The lowest BCUT2D eigenvalue weighted by Crippen LogP contribution is -2.41. The van der Waals surface area contributed by atoms with E-state index in [1.165, 1.54) is 12.1 Å². The van der Waals surface area contributed by atoms with Crippen LogP contribution in [-0.4, -0.2) is 4.98 Å². The maximum absolute atomic E-state index is 13.1. The van der Waals surface area contributed by atoms with Gasteiger partial charge in [0.2, 0.25) is 0 Å². The van der Waals surface area contributed by atoms with Gasteiger partial charge in [0.15, 0.2) is 0 Å². The number of aromatic nitrogens is 1. The van der Waals surface area contributed by atoms with E-state index < -0.39 is 0 Å². The first-order valence-electron chi connectivity index (χ1n) is 6.80. The first-order chi connectivity index (χ1) is 9.86. The van der Waals surface area contributed by atoms with Crippen LogP contribution < -0.4 is 17.0 Å². The fourth-order valence-corrected chi connectivity index (χ4v) is 2.57. The molecule has 0 saturated heterocycles. The molecular weight excluding hydrogens is 267 g/mol. The molecule has 0 amide bonds. The number of anilines is 1. The standard InChI is InChI=1S/C16H21FN4/c1-10-8-13(15(18)20-9-10)14(21-19)16(2,3)11-4-6-12(17)7-5-11/h4-9,14,21H,19H2,1-3H3,(H2,18,20). The van der Waals surface area contributed by atoms with Crippen LogP contribution in [0.25, 0.3) is 0 Å². The Hall–Kier alpha value is -1.98. The summed E-state index contributed by atoms with van der Waals surface area (Å²) in [6.45, 7) is 6.02. The zero-order chi connectivity index (χ0) is 15.6. The van der Waals surface area contributed by atoms with Crippen molar-refractivity contribution in [3.8, 4) is 0 Å². The Morgan fingerprint density at radius 3 is 2.43 bits per heavy atom. The molecule has 21 heavy (non-hydrogen) atoms. The Morgan fingerprint density at radius 2 is 1.86 bits per heavy atom. The Bertz CT molecular complexity index is 623. The summed E-state index contributed by atoms with van der Waals surface area (Å²) in [5, 5.41) is 0. The molecule has 0 fully saturated rings. The molecule has 1 aromatic carbocycles. The van der Waals surface area contributed by atoms with E-state index >= 15 is 0 Å². The van der Waals surface area contributed by atoms with Crippen LogP contribution in [0.1, 0.15) is 36.6 Å². The van der Waals surface area contributed by atoms with Crippen LogP contribution in [0.3, 0.4) is 0 Å². The van der Waals surface area contributed by atoms with Crippen LogP contribution in [-0.2, 0) is 5.41 Å². The maximum Gasteiger partial charge on any atom is 0.128 e. The Labute approximate surface area is 124 Å². The van der Waals surface area contributed by atoms with Crippen LogP contribution in [0.5, 0.6) is 0 Å². The van der Waals surface area contributed by atoms with Gasteiger partial charge in [-0.05, 0) is 36.2 Å². The summed E-state index contributed by atoms with van der Waals surface area (Å²) in [7, 11) is 0. The van der Waals surface area contributed by atoms with Crippen molar-refractivity contribution in [2.75, 3.05) is 5.73 Å². The van der Waals surface area contributed by atoms with Gasteiger partial charge in [-0.2, -0.15) is 0 Å². The number of hydrazine groups is 1. The van der Waals surface area contributed by atoms with Crippen LogP contribution in [0.4, 0.5) is 10.2 Å². The zero-order valence-electron chi connectivity index (χ0n) is 12.5. The smallest absolute Gasteiger partial charge is 0.128 e. The molecule has 112 valence electrons. The van der Waals surface area contributed by atoms with Crippen molar-refractivity contribution in [2.24, 2.45) is 5.84 Å². The fourth-order valence-electron chi connectivity index (χ4n) is 2.57. The number of nitrogens with zero attached hydrogens (tertiary/aromatic N) is 1.